The fourth-order valence-electron chi connectivity index (χ4n) is 10.6. The molecule has 1 spiro atoms. The van der Waals surface area contributed by atoms with Gasteiger partial charge in [0.05, 0.1) is 5.41 Å². The molecule has 0 saturated carbocycles. The Hall–Kier alpha value is -7.22. The number of rotatable bonds is 2. The van der Waals surface area contributed by atoms with Gasteiger partial charge in [0.15, 0.2) is 0 Å². The maximum atomic E-state index is 6.62. The first-order valence-corrected chi connectivity index (χ1v) is 19.5. The topological polar surface area (TPSA) is 13.1 Å². The van der Waals surface area contributed by atoms with Gasteiger partial charge in [0, 0.05) is 10.8 Å². The molecule has 0 N–H and O–H groups in total. The second-order valence-electron chi connectivity index (χ2n) is 15.5. The van der Waals surface area contributed by atoms with E-state index in [4.69, 9.17) is 4.42 Å². The Morgan fingerprint density at radius 3 is 1.68 bits per heavy atom. The number of hydrogen-bond acceptors (Lipinski definition) is 1. The van der Waals surface area contributed by atoms with Crippen molar-refractivity contribution in [1.82, 2.24) is 0 Å². The Balaban J connectivity index is 0.999. The minimum atomic E-state index is -0.432. The summed E-state index contributed by atoms with van der Waals surface area (Å²) in [5, 5.41) is 9.90. The molecule has 258 valence electrons. The van der Waals surface area contributed by atoms with Crippen LogP contribution in [0.4, 0.5) is 0 Å². The number of hydrogen-bond donors (Lipinski definition) is 0. The van der Waals surface area contributed by atoms with Gasteiger partial charge in [0.25, 0.3) is 0 Å². The third-order valence-electron chi connectivity index (χ3n) is 12.9. The molecule has 11 aromatic rings. The van der Waals surface area contributed by atoms with Crippen LogP contribution in [0.25, 0.3) is 98.8 Å². The van der Waals surface area contributed by atoms with Gasteiger partial charge in [-0.05, 0) is 117 Å². The standard InChI is InChI=1S/C55H32O/c1-2-14-38-34(11-1)28-30-50-53(38)54-43-18-4-3-15-39(43)45(32-51(54)56-50)35-25-23-33(24-26-35)37-27-29-42-40-16-5-7-20-46(40)55(49(42)31-37)47-21-8-6-17-41(47)44-19-9-12-36-13-10-22-48(55)52(36)44/h1-32H. The molecular weight excluding hydrogens is 677 g/mol. The highest BCUT2D eigenvalue weighted by Gasteiger charge is 2.50. The van der Waals surface area contributed by atoms with Gasteiger partial charge in [-0.25, -0.2) is 0 Å². The molecular formula is C55H32O. The third-order valence-corrected chi connectivity index (χ3v) is 12.9. The zero-order valence-electron chi connectivity index (χ0n) is 30.4. The van der Waals surface area contributed by atoms with E-state index >= 15 is 0 Å². The lowest BCUT2D eigenvalue weighted by atomic mass is 9.61. The number of fused-ring (bicyclic) bond motifs is 16. The van der Waals surface area contributed by atoms with Crippen LogP contribution in [0.2, 0.25) is 0 Å². The Bertz CT molecular complexity index is 3470. The number of benzene rings is 10. The van der Waals surface area contributed by atoms with Crippen molar-refractivity contribution in [3.8, 4) is 44.5 Å². The fraction of sp³-hybridized carbons (Fsp3) is 0.0182. The summed E-state index contributed by atoms with van der Waals surface area (Å²) in [6.07, 6.45) is 0. The van der Waals surface area contributed by atoms with Crippen molar-refractivity contribution in [2.24, 2.45) is 0 Å². The molecule has 0 saturated heterocycles. The van der Waals surface area contributed by atoms with Gasteiger partial charge in [0.1, 0.15) is 11.2 Å². The molecule has 1 heterocycles. The highest BCUT2D eigenvalue weighted by Crippen LogP contribution is 2.62. The monoisotopic (exact) mass is 708 g/mol. The molecule has 1 heteroatoms. The summed E-state index contributed by atoms with van der Waals surface area (Å²) in [5.74, 6) is 0. The predicted molar refractivity (Wildman–Crippen MR) is 233 cm³/mol. The smallest absolute Gasteiger partial charge is 0.136 e. The molecule has 13 rings (SSSR count). The second kappa shape index (κ2) is 10.9. The summed E-state index contributed by atoms with van der Waals surface area (Å²) in [6.45, 7) is 0. The SMILES string of the molecule is c1ccc2c(c1)-c1ccc(-c3ccc(-c4cc5oc6ccc7ccccc7c6c5c5ccccc45)cc3)cc1C21c2ccccc2-c2cccc3cccc1c23. The van der Waals surface area contributed by atoms with Crippen molar-refractivity contribution in [1.29, 1.82) is 0 Å². The van der Waals surface area contributed by atoms with Crippen LogP contribution in [-0.2, 0) is 5.41 Å². The Morgan fingerprint density at radius 2 is 0.857 bits per heavy atom. The van der Waals surface area contributed by atoms with Crippen LogP contribution < -0.4 is 0 Å². The van der Waals surface area contributed by atoms with E-state index in [1.54, 1.807) is 0 Å². The largest absolute Gasteiger partial charge is 0.456 e. The lowest BCUT2D eigenvalue weighted by Crippen LogP contribution is -2.31. The summed E-state index contributed by atoms with van der Waals surface area (Å²) >= 11 is 0. The molecule has 0 amide bonds. The molecule has 0 radical (unpaired) electrons. The molecule has 2 aliphatic rings. The van der Waals surface area contributed by atoms with Gasteiger partial charge in [-0.15, -0.1) is 0 Å². The van der Waals surface area contributed by atoms with Crippen molar-refractivity contribution in [2.75, 3.05) is 0 Å². The maximum absolute atomic E-state index is 6.62. The first-order valence-electron chi connectivity index (χ1n) is 19.5. The average Bonchev–Trinajstić information content (AvgIpc) is 3.79. The molecule has 10 aromatic carbocycles. The van der Waals surface area contributed by atoms with Crippen LogP contribution in [0.3, 0.4) is 0 Å². The summed E-state index contributed by atoms with van der Waals surface area (Å²) in [7, 11) is 0. The molecule has 1 nitrogen and oxygen atoms in total. The first kappa shape index (κ1) is 30.1. The van der Waals surface area contributed by atoms with E-state index in [1.807, 2.05) is 0 Å². The van der Waals surface area contributed by atoms with Crippen LogP contribution >= 0.6 is 0 Å². The van der Waals surface area contributed by atoms with Crippen LogP contribution in [-0.4, -0.2) is 0 Å². The first-order chi connectivity index (χ1) is 27.8. The minimum Gasteiger partial charge on any atom is -0.456 e. The molecule has 1 aromatic heterocycles. The Morgan fingerprint density at radius 1 is 0.286 bits per heavy atom. The summed E-state index contributed by atoms with van der Waals surface area (Å²) in [6, 6.07) is 72.0. The average molecular weight is 709 g/mol. The van der Waals surface area contributed by atoms with Crippen molar-refractivity contribution in [2.45, 2.75) is 5.41 Å². The molecule has 0 aliphatic heterocycles. The van der Waals surface area contributed by atoms with Crippen molar-refractivity contribution >= 4 is 54.3 Å². The number of furan rings is 1. The Labute approximate surface area is 323 Å². The molecule has 0 fully saturated rings. The second-order valence-corrected chi connectivity index (χ2v) is 15.5. The van der Waals surface area contributed by atoms with Gasteiger partial charge in [-0.2, -0.15) is 0 Å². The van der Waals surface area contributed by atoms with Gasteiger partial charge in [-0.1, -0.05) is 176 Å². The molecule has 2 aliphatic carbocycles. The van der Waals surface area contributed by atoms with E-state index in [9.17, 15) is 0 Å². The summed E-state index contributed by atoms with van der Waals surface area (Å²) in [5.41, 5.74) is 16.9. The normalized spacial score (nSPS) is 15.2. The maximum Gasteiger partial charge on any atom is 0.136 e. The van der Waals surface area contributed by atoms with Crippen molar-refractivity contribution in [3.05, 3.63) is 216 Å². The third kappa shape index (κ3) is 3.79. The predicted octanol–water partition coefficient (Wildman–Crippen LogP) is 14.7. The van der Waals surface area contributed by atoms with E-state index in [0.717, 1.165) is 11.2 Å². The van der Waals surface area contributed by atoms with Gasteiger partial charge in [0.2, 0.25) is 0 Å². The van der Waals surface area contributed by atoms with Crippen molar-refractivity contribution in [3.63, 3.8) is 0 Å². The van der Waals surface area contributed by atoms with Gasteiger partial charge >= 0.3 is 0 Å². The highest BCUT2D eigenvalue weighted by molar-refractivity contribution is 6.28. The summed E-state index contributed by atoms with van der Waals surface area (Å²) in [4.78, 5) is 0. The zero-order valence-corrected chi connectivity index (χ0v) is 30.4. The van der Waals surface area contributed by atoms with Crippen LogP contribution in [0.1, 0.15) is 22.3 Å². The lowest BCUT2D eigenvalue weighted by Gasteiger charge is -2.40. The lowest BCUT2D eigenvalue weighted by molar-refractivity contribution is 0.669. The van der Waals surface area contributed by atoms with Gasteiger partial charge in [-0.3, -0.25) is 0 Å². The Kier molecular flexibility index (Phi) is 5.89. The van der Waals surface area contributed by atoms with E-state index in [-0.39, 0.29) is 0 Å². The van der Waals surface area contributed by atoms with Gasteiger partial charge < -0.3 is 4.42 Å². The van der Waals surface area contributed by atoms with Crippen molar-refractivity contribution < 1.29 is 4.42 Å². The van der Waals surface area contributed by atoms with Crippen LogP contribution in [0.15, 0.2) is 199 Å². The molecule has 1 unspecified atom stereocenters. The van der Waals surface area contributed by atoms with E-state index in [2.05, 4.69) is 194 Å². The minimum absolute atomic E-state index is 0.432. The quantitative estimate of drug-likeness (QED) is 0.174. The fourth-order valence-corrected chi connectivity index (χ4v) is 10.6. The molecule has 56 heavy (non-hydrogen) atoms. The van der Waals surface area contributed by atoms with E-state index < -0.39 is 5.41 Å². The van der Waals surface area contributed by atoms with E-state index in [1.165, 1.54) is 110 Å². The molecule has 0 bridgehead atoms. The zero-order chi connectivity index (χ0) is 36.5. The summed E-state index contributed by atoms with van der Waals surface area (Å²) < 4.78 is 6.62. The molecule has 1 atom stereocenters. The highest BCUT2D eigenvalue weighted by atomic mass is 16.3. The van der Waals surface area contributed by atoms with Crippen LogP contribution in [0, 0.1) is 0 Å². The van der Waals surface area contributed by atoms with Crippen LogP contribution in [0.5, 0.6) is 0 Å². The van der Waals surface area contributed by atoms with E-state index in [0.29, 0.717) is 0 Å².